The van der Waals surface area contributed by atoms with Crippen LogP contribution in [0.5, 0.6) is 0 Å². The summed E-state index contributed by atoms with van der Waals surface area (Å²) < 4.78 is 0. The highest BCUT2D eigenvalue weighted by Gasteiger charge is 2.27. The van der Waals surface area contributed by atoms with Crippen molar-refractivity contribution in [3.8, 4) is 0 Å². The van der Waals surface area contributed by atoms with Gasteiger partial charge in [0.15, 0.2) is 0 Å². The predicted molar refractivity (Wildman–Crippen MR) is 82.4 cm³/mol. The lowest BCUT2D eigenvalue weighted by Crippen LogP contribution is -2.35. The van der Waals surface area contributed by atoms with E-state index in [4.69, 9.17) is 5.73 Å². The van der Waals surface area contributed by atoms with Gasteiger partial charge >= 0.3 is 0 Å². The summed E-state index contributed by atoms with van der Waals surface area (Å²) in [7, 11) is 0. The molecule has 3 N–H and O–H groups in total. The molecule has 3 atom stereocenters. The molecule has 1 aromatic carbocycles. The van der Waals surface area contributed by atoms with Crippen LogP contribution in [0.3, 0.4) is 0 Å². The van der Waals surface area contributed by atoms with Crippen LogP contribution in [0.2, 0.25) is 0 Å². The molecule has 0 saturated heterocycles. The van der Waals surface area contributed by atoms with E-state index in [2.05, 4.69) is 12.2 Å². The van der Waals surface area contributed by atoms with Crippen LogP contribution in [0.1, 0.15) is 44.1 Å². The minimum atomic E-state index is -0.0334. The lowest BCUT2D eigenvalue weighted by atomic mass is 9.93. The van der Waals surface area contributed by atoms with E-state index < -0.39 is 0 Å². The van der Waals surface area contributed by atoms with Crippen molar-refractivity contribution in [2.45, 2.75) is 38.5 Å². The Balaban J connectivity index is 1.90. The monoisotopic (exact) mass is 274 g/mol. The second-order valence-corrected chi connectivity index (χ2v) is 5.80. The van der Waals surface area contributed by atoms with Crippen molar-refractivity contribution in [1.82, 2.24) is 5.32 Å². The van der Waals surface area contributed by atoms with E-state index in [1.807, 2.05) is 30.3 Å². The quantitative estimate of drug-likeness (QED) is 0.838. The van der Waals surface area contributed by atoms with Gasteiger partial charge < -0.3 is 11.1 Å². The zero-order chi connectivity index (χ0) is 14.4. The highest BCUT2D eigenvalue weighted by atomic mass is 16.1. The number of rotatable bonds is 6. The average Bonchev–Trinajstić information content (AvgIpc) is 2.94. The molecule has 0 spiro atoms. The molecular weight excluding hydrogens is 248 g/mol. The maximum Gasteiger partial charge on any atom is 0.227 e. The number of nitrogens with one attached hydrogen (secondary N) is 1. The third-order valence-electron chi connectivity index (χ3n) is 4.58. The van der Waals surface area contributed by atoms with Crippen LogP contribution in [-0.2, 0) is 4.79 Å². The van der Waals surface area contributed by atoms with Crippen molar-refractivity contribution in [2.75, 3.05) is 13.1 Å². The Hall–Kier alpha value is -1.35. The molecule has 1 saturated carbocycles. The minimum Gasteiger partial charge on any atom is -0.355 e. The van der Waals surface area contributed by atoms with Gasteiger partial charge in [-0.3, -0.25) is 4.79 Å². The van der Waals surface area contributed by atoms with Crippen LogP contribution in [-0.4, -0.2) is 19.0 Å². The van der Waals surface area contributed by atoms with E-state index in [1.54, 1.807) is 0 Å². The molecule has 2 rings (SSSR count). The Morgan fingerprint density at radius 2 is 2.00 bits per heavy atom. The Labute approximate surface area is 121 Å². The van der Waals surface area contributed by atoms with Gasteiger partial charge in [-0.25, -0.2) is 0 Å². The van der Waals surface area contributed by atoms with Gasteiger partial charge in [-0.05, 0) is 43.2 Å². The summed E-state index contributed by atoms with van der Waals surface area (Å²) in [5, 5.41) is 3.14. The molecule has 110 valence electrons. The molecule has 1 aliphatic carbocycles. The third-order valence-corrected chi connectivity index (χ3v) is 4.58. The Morgan fingerprint density at radius 3 is 2.65 bits per heavy atom. The highest BCUT2D eigenvalue weighted by Crippen LogP contribution is 2.30. The Morgan fingerprint density at radius 1 is 1.30 bits per heavy atom. The molecule has 1 aliphatic rings. The number of hydrogen-bond acceptors (Lipinski definition) is 2. The van der Waals surface area contributed by atoms with Gasteiger partial charge in [0.2, 0.25) is 5.91 Å². The fourth-order valence-electron chi connectivity index (χ4n) is 3.31. The maximum atomic E-state index is 12.4. The zero-order valence-corrected chi connectivity index (χ0v) is 12.3. The standard InChI is InChI=1S/C17H26N2O/c1-2-16(13-7-4-3-5-8-13)17(20)19-12-15-10-6-9-14(15)11-18/h3-5,7-8,14-16H,2,6,9-12,18H2,1H3,(H,19,20). The van der Waals surface area contributed by atoms with Gasteiger partial charge in [-0.15, -0.1) is 0 Å². The Kier molecular flexibility index (Phi) is 5.60. The lowest BCUT2D eigenvalue weighted by Gasteiger charge is -2.21. The van der Waals surface area contributed by atoms with E-state index in [0.717, 1.165) is 25.1 Å². The molecule has 1 fully saturated rings. The molecule has 3 heteroatoms. The summed E-state index contributed by atoms with van der Waals surface area (Å²) in [4.78, 5) is 12.4. The molecule has 3 nitrogen and oxygen atoms in total. The van der Waals surface area contributed by atoms with Gasteiger partial charge in [0.1, 0.15) is 0 Å². The summed E-state index contributed by atoms with van der Waals surface area (Å²) in [6.07, 6.45) is 4.50. The summed E-state index contributed by atoms with van der Waals surface area (Å²) >= 11 is 0. The first kappa shape index (κ1) is 15.0. The SMILES string of the molecule is CCC(C(=O)NCC1CCCC1CN)c1ccccc1. The largest absolute Gasteiger partial charge is 0.355 e. The molecule has 20 heavy (non-hydrogen) atoms. The molecule has 0 aliphatic heterocycles. The highest BCUT2D eigenvalue weighted by molar-refractivity contribution is 5.83. The molecule has 0 aromatic heterocycles. The van der Waals surface area contributed by atoms with E-state index in [0.29, 0.717) is 11.8 Å². The number of benzene rings is 1. The number of hydrogen-bond donors (Lipinski definition) is 2. The number of nitrogens with two attached hydrogens (primary N) is 1. The van der Waals surface area contributed by atoms with E-state index in [-0.39, 0.29) is 11.8 Å². The van der Waals surface area contributed by atoms with Crippen LogP contribution in [0.4, 0.5) is 0 Å². The number of carbonyl (C=O) groups excluding carboxylic acids is 1. The van der Waals surface area contributed by atoms with Gasteiger partial charge in [-0.1, -0.05) is 43.7 Å². The molecule has 1 amide bonds. The van der Waals surface area contributed by atoms with Crippen molar-refractivity contribution in [2.24, 2.45) is 17.6 Å². The molecule has 0 radical (unpaired) electrons. The van der Waals surface area contributed by atoms with Crippen LogP contribution >= 0.6 is 0 Å². The molecule has 3 unspecified atom stereocenters. The minimum absolute atomic E-state index is 0.0334. The first-order chi connectivity index (χ1) is 9.76. The third kappa shape index (κ3) is 3.60. The van der Waals surface area contributed by atoms with Crippen molar-refractivity contribution in [3.63, 3.8) is 0 Å². The molecular formula is C17H26N2O. The maximum absolute atomic E-state index is 12.4. The second kappa shape index (κ2) is 7.44. The smallest absolute Gasteiger partial charge is 0.227 e. The van der Waals surface area contributed by atoms with Crippen molar-refractivity contribution < 1.29 is 4.79 Å². The van der Waals surface area contributed by atoms with Gasteiger partial charge in [0, 0.05) is 6.54 Å². The summed E-state index contributed by atoms with van der Waals surface area (Å²) in [6.45, 7) is 3.59. The van der Waals surface area contributed by atoms with E-state index in [9.17, 15) is 4.79 Å². The van der Waals surface area contributed by atoms with Crippen LogP contribution in [0, 0.1) is 11.8 Å². The number of amides is 1. The molecule has 1 aromatic rings. The molecule has 0 heterocycles. The first-order valence-corrected chi connectivity index (χ1v) is 7.79. The topological polar surface area (TPSA) is 55.1 Å². The van der Waals surface area contributed by atoms with Gasteiger partial charge in [0.25, 0.3) is 0 Å². The fraction of sp³-hybridized carbons (Fsp3) is 0.588. The van der Waals surface area contributed by atoms with Crippen LogP contribution in [0.25, 0.3) is 0 Å². The van der Waals surface area contributed by atoms with Crippen LogP contribution < -0.4 is 11.1 Å². The van der Waals surface area contributed by atoms with E-state index >= 15 is 0 Å². The summed E-state index contributed by atoms with van der Waals surface area (Å²) in [5.74, 6) is 1.28. The Bertz CT molecular complexity index is 418. The van der Waals surface area contributed by atoms with Crippen molar-refractivity contribution in [3.05, 3.63) is 35.9 Å². The molecule has 0 bridgehead atoms. The average molecular weight is 274 g/mol. The summed E-state index contributed by atoms with van der Waals surface area (Å²) in [6, 6.07) is 10.0. The first-order valence-electron chi connectivity index (χ1n) is 7.79. The lowest BCUT2D eigenvalue weighted by molar-refractivity contribution is -0.122. The van der Waals surface area contributed by atoms with E-state index in [1.165, 1.54) is 19.3 Å². The van der Waals surface area contributed by atoms with Crippen molar-refractivity contribution in [1.29, 1.82) is 0 Å². The van der Waals surface area contributed by atoms with Crippen molar-refractivity contribution >= 4 is 5.91 Å². The van der Waals surface area contributed by atoms with Gasteiger partial charge in [0.05, 0.1) is 5.92 Å². The van der Waals surface area contributed by atoms with Gasteiger partial charge in [-0.2, -0.15) is 0 Å². The predicted octanol–water partition coefficient (Wildman–Crippen LogP) is 2.67. The zero-order valence-electron chi connectivity index (χ0n) is 12.3. The van der Waals surface area contributed by atoms with Crippen LogP contribution in [0.15, 0.2) is 30.3 Å². The fourth-order valence-corrected chi connectivity index (χ4v) is 3.31. The number of carbonyl (C=O) groups is 1. The normalized spacial score (nSPS) is 23.5. The summed E-state index contributed by atoms with van der Waals surface area (Å²) in [5.41, 5.74) is 6.90. The second-order valence-electron chi connectivity index (χ2n) is 5.80.